The number of hydrogen-bond acceptors (Lipinski definition) is 5. The van der Waals surface area contributed by atoms with Crippen molar-refractivity contribution in [1.82, 2.24) is 0 Å². The van der Waals surface area contributed by atoms with Gasteiger partial charge in [0.2, 0.25) is 0 Å². The molecule has 0 rings (SSSR count). The highest BCUT2D eigenvalue weighted by atomic mass is 16.5. The molecule has 3 unspecified atom stereocenters. The molecule has 0 radical (unpaired) electrons. The normalized spacial score (nSPS) is 11.7. The van der Waals surface area contributed by atoms with E-state index in [1.807, 2.05) is 13.8 Å². The van der Waals surface area contributed by atoms with Gasteiger partial charge in [-0.15, -0.1) is 0 Å². The summed E-state index contributed by atoms with van der Waals surface area (Å²) in [6.07, 6.45) is 3.54. The van der Waals surface area contributed by atoms with E-state index >= 15 is 0 Å². The molecule has 0 aromatic heterocycles. The lowest BCUT2D eigenvalue weighted by Crippen LogP contribution is -2.24. The third kappa shape index (κ3) is 56.5. The molecule has 3 atom stereocenters. The Labute approximate surface area is 169 Å². The predicted octanol–water partition coefficient (Wildman–Crippen LogP) is 5.74. The Bertz CT molecular complexity index is 181. The first-order valence-electron chi connectivity index (χ1n) is 7.63. The molecule has 0 aliphatic heterocycles. The van der Waals surface area contributed by atoms with Crippen molar-refractivity contribution < 1.29 is 14.2 Å². The van der Waals surface area contributed by atoms with E-state index in [2.05, 4.69) is 13.8 Å². The van der Waals surface area contributed by atoms with Gasteiger partial charge in [-0.05, 0) is 40.0 Å². The quantitative estimate of drug-likeness (QED) is 0.441. The Kier molecular flexibility index (Phi) is 76.6. The minimum atomic E-state index is 0. The lowest BCUT2D eigenvalue weighted by atomic mass is 10.3. The molecule has 0 aromatic rings. The van der Waals surface area contributed by atoms with E-state index in [0.717, 1.165) is 32.5 Å². The van der Waals surface area contributed by atoms with E-state index in [4.69, 9.17) is 25.7 Å². The van der Waals surface area contributed by atoms with Gasteiger partial charge in [0.05, 0.1) is 19.3 Å². The van der Waals surface area contributed by atoms with Crippen LogP contribution >= 0.6 is 0 Å². The summed E-state index contributed by atoms with van der Waals surface area (Å²) in [4.78, 5) is 0. The van der Waals surface area contributed by atoms with Crippen LogP contribution in [0, 0.1) is 0 Å². The van der Waals surface area contributed by atoms with Crippen LogP contribution < -0.4 is 11.5 Å². The summed E-state index contributed by atoms with van der Waals surface area (Å²) in [5.41, 5.74) is 11.0. The van der Waals surface area contributed by atoms with Gasteiger partial charge < -0.3 is 25.7 Å². The number of ether oxygens (including phenoxy) is 3. The molecule has 0 amide bonds. The summed E-state index contributed by atoms with van der Waals surface area (Å²) in [6.45, 7) is 11.0. The third-order valence-electron chi connectivity index (χ3n) is 2.49. The van der Waals surface area contributed by atoms with Gasteiger partial charge in [-0.1, -0.05) is 51.5 Å². The van der Waals surface area contributed by atoms with Gasteiger partial charge in [-0.25, -0.2) is 0 Å². The van der Waals surface area contributed by atoms with Gasteiger partial charge in [0.15, 0.2) is 0 Å². The van der Waals surface area contributed by atoms with Crippen molar-refractivity contribution in [1.29, 1.82) is 0 Å². The second-order valence-corrected chi connectivity index (χ2v) is 5.28. The number of hydrogen-bond donors (Lipinski definition) is 2. The molecule has 0 aliphatic carbocycles. The van der Waals surface area contributed by atoms with Gasteiger partial charge in [-0.3, -0.25) is 0 Å². The standard InChI is InChI=1S/C8H19NO2.C7H17NO.6CH4/c1-8(9)7-11-6-4-3-5-10-2;1-4-7(3)9-5-6(2)8;;;;;;/h8H,3-7,9H2,1-2H3;6-7H,4-5,8H2,1-3H3;6*1H4. The van der Waals surface area contributed by atoms with Crippen LogP contribution in [0.4, 0.5) is 0 Å². The molecular weight excluding hydrogens is 328 g/mol. The Morgan fingerprint density at radius 2 is 1.15 bits per heavy atom. The van der Waals surface area contributed by atoms with Crippen molar-refractivity contribution in [2.75, 3.05) is 33.5 Å². The predicted molar refractivity (Wildman–Crippen MR) is 125 cm³/mol. The van der Waals surface area contributed by atoms with Gasteiger partial charge in [0.25, 0.3) is 0 Å². The second-order valence-electron chi connectivity index (χ2n) is 5.28. The molecule has 0 saturated heterocycles. The number of rotatable bonds is 11. The summed E-state index contributed by atoms with van der Waals surface area (Å²) in [5.74, 6) is 0. The summed E-state index contributed by atoms with van der Waals surface area (Å²) in [6, 6.07) is 0.316. The molecule has 0 aliphatic rings. The van der Waals surface area contributed by atoms with Crippen LogP contribution in [0.5, 0.6) is 0 Å². The summed E-state index contributed by atoms with van der Waals surface area (Å²) in [7, 11) is 1.71. The monoisotopic (exact) mass is 388 g/mol. The van der Waals surface area contributed by atoms with Crippen LogP contribution in [0.25, 0.3) is 0 Å². The van der Waals surface area contributed by atoms with Crippen LogP contribution in [0.3, 0.4) is 0 Å². The Morgan fingerprint density at radius 3 is 1.50 bits per heavy atom. The molecule has 5 heteroatoms. The highest BCUT2D eigenvalue weighted by Crippen LogP contribution is 1.95. The van der Waals surface area contributed by atoms with Crippen LogP contribution in [-0.4, -0.2) is 51.7 Å². The highest BCUT2D eigenvalue weighted by molar-refractivity contribution is 4.52. The molecule has 26 heavy (non-hydrogen) atoms. The molecular formula is C21H60N2O3. The fourth-order valence-electron chi connectivity index (χ4n) is 1.15. The smallest absolute Gasteiger partial charge is 0.0618 e. The lowest BCUT2D eigenvalue weighted by molar-refractivity contribution is 0.0567. The van der Waals surface area contributed by atoms with Crippen molar-refractivity contribution >= 4 is 0 Å². The van der Waals surface area contributed by atoms with Crippen molar-refractivity contribution in [3.63, 3.8) is 0 Å². The maximum atomic E-state index is 5.48. The average molecular weight is 389 g/mol. The first-order chi connectivity index (χ1) is 9.43. The van der Waals surface area contributed by atoms with Crippen LogP contribution in [0.15, 0.2) is 0 Å². The molecule has 0 aromatic carbocycles. The van der Waals surface area contributed by atoms with Crippen LogP contribution in [0.1, 0.15) is 91.5 Å². The zero-order valence-electron chi connectivity index (χ0n) is 14.1. The number of unbranched alkanes of at least 4 members (excludes halogenated alkanes) is 1. The molecule has 0 saturated carbocycles. The molecule has 0 bridgehead atoms. The van der Waals surface area contributed by atoms with E-state index < -0.39 is 0 Å². The van der Waals surface area contributed by atoms with E-state index in [1.165, 1.54) is 0 Å². The minimum Gasteiger partial charge on any atom is -0.385 e. The fraction of sp³-hybridized carbons (Fsp3) is 1.00. The minimum absolute atomic E-state index is 0. The van der Waals surface area contributed by atoms with E-state index in [-0.39, 0.29) is 56.6 Å². The topological polar surface area (TPSA) is 79.7 Å². The van der Waals surface area contributed by atoms with Crippen molar-refractivity contribution in [2.24, 2.45) is 11.5 Å². The molecule has 5 nitrogen and oxygen atoms in total. The first-order valence-corrected chi connectivity index (χ1v) is 7.63. The Balaban J connectivity index is -0.0000000341. The molecule has 0 heterocycles. The molecule has 172 valence electrons. The second kappa shape index (κ2) is 39.7. The average Bonchev–Trinajstić information content (AvgIpc) is 2.40. The Hall–Kier alpha value is -0.200. The lowest BCUT2D eigenvalue weighted by Gasteiger charge is -2.11. The van der Waals surface area contributed by atoms with E-state index in [1.54, 1.807) is 7.11 Å². The van der Waals surface area contributed by atoms with Gasteiger partial charge in [-0.2, -0.15) is 0 Å². The van der Waals surface area contributed by atoms with Gasteiger partial charge in [0, 0.05) is 32.4 Å². The summed E-state index contributed by atoms with van der Waals surface area (Å²) in [5, 5.41) is 0. The van der Waals surface area contributed by atoms with E-state index in [0.29, 0.717) is 19.3 Å². The third-order valence-corrected chi connectivity index (χ3v) is 2.49. The molecule has 0 spiro atoms. The SMILES string of the molecule is C.C.C.C.C.C.CCC(C)OCC(C)N.COCCCCOCC(C)N. The Morgan fingerprint density at radius 1 is 0.731 bits per heavy atom. The zero-order chi connectivity index (χ0) is 15.8. The summed E-state index contributed by atoms with van der Waals surface area (Å²) >= 11 is 0. The number of methoxy groups -OCH3 is 1. The van der Waals surface area contributed by atoms with Crippen molar-refractivity contribution in [3.05, 3.63) is 0 Å². The largest absolute Gasteiger partial charge is 0.385 e. The number of nitrogens with two attached hydrogens (primary N) is 2. The molecule has 4 N–H and O–H groups in total. The van der Waals surface area contributed by atoms with Crippen molar-refractivity contribution in [2.45, 2.75) is 110 Å². The van der Waals surface area contributed by atoms with Gasteiger partial charge >= 0.3 is 0 Å². The molecule has 0 fully saturated rings. The fourth-order valence-corrected chi connectivity index (χ4v) is 1.15. The highest BCUT2D eigenvalue weighted by Gasteiger charge is 1.99. The zero-order valence-corrected chi connectivity index (χ0v) is 14.1. The maximum absolute atomic E-state index is 5.48. The van der Waals surface area contributed by atoms with Crippen LogP contribution in [0.2, 0.25) is 0 Å². The first kappa shape index (κ1) is 50.1. The maximum Gasteiger partial charge on any atom is 0.0618 e. The van der Waals surface area contributed by atoms with Crippen LogP contribution in [-0.2, 0) is 14.2 Å². The van der Waals surface area contributed by atoms with Crippen molar-refractivity contribution in [3.8, 4) is 0 Å². The van der Waals surface area contributed by atoms with E-state index in [9.17, 15) is 0 Å². The van der Waals surface area contributed by atoms with Gasteiger partial charge in [0.1, 0.15) is 0 Å². The summed E-state index contributed by atoms with van der Waals surface area (Å²) < 4.78 is 15.5.